The molecule has 0 unspecified atom stereocenters. The Kier molecular flexibility index (Phi) is 2.53. The lowest BCUT2D eigenvalue weighted by Crippen LogP contribution is -2.42. The molecule has 1 aliphatic carbocycles. The van der Waals surface area contributed by atoms with Crippen LogP contribution in [0, 0.1) is 0 Å². The van der Waals surface area contributed by atoms with Crippen LogP contribution in [0.15, 0.2) is 30.3 Å². The number of amides is 1. The molecular formula is C12H15NO. The van der Waals surface area contributed by atoms with Gasteiger partial charge in [0.15, 0.2) is 0 Å². The van der Waals surface area contributed by atoms with E-state index < -0.39 is 0 Å². The fourth-order valence-electron chi connectivity index (χ4n) is 2.02. The van der Waals surface area contributed by atoms with Crippen molar-refractivity contribution in [2.75, 3.05) is 0 Å². The van der Waals surface area contributed by atoms with E-state index in [9.17, 15) is 4.79 Å². The van der Waals surface area contributed by atoms with E-state index in [1.807, 2.05) is 6.07 Å². The Morgan fingerprint density at radius 1 is 1.29 bits per heavy atom. The summed E-state index contributed by atoms with van der Waals surface area (Å²) in [5.74, 6) is 0.731. The van der Waals surface area contributed by atoms with Crippen LogP contribution in [0.4, 0.5) is 0 Å². The monoisotopic (exact) mass is 189 g/mol. The second-order valence-corrected chi connectivity index (χ2v) is 3.98. The fourth-order valence-corrected chi connectivity index (χ4v) is 2.02. The number of nitrogens with one attached hydrogen (secondary N) is 1. The maximum Gasteiger partial charge on any atom is 0.217 e. The van der Waals surface area contributed by atoms with Crippen LogP contribution < -0.4 is 5.32 Å². The van der Waals surface area contributed by atoms with Gasteiger partial charge in [0.2, 0.25) is 5.91 Å². The summed E-state index contributed by atoms with van der Waals surface area (Å²) in [5.41, 5.74) is 1.40. The Hall–Kier alpha value is -1.31. The molecule has 1 aromatic carbocycles. The molecule has 1 saturated carbocycles. The van der Waals surface area contributed by atoms with Crippen LogP contribution in [0.1, 0.15) is 31.2 Å². The van der Waals surface area contributed by atoms with Crippen molar-refractivity contribution in [2.24, 2.45) is 0 Å². The van der Waals surface area contributed by atoms with Crippen molar-refractivity contribution in [1.82, 2.24) is 5.32 Å². The molecule has 2 nitrogen and oxygen atoms in total. The number of hydrogen-bond acceptors (Lipinski definition) is 1. The van der Waals surface area contributed by atoms with Crippen molar-refractivity contribution in [3.8, 4) is 0 Å². The topological polar surface area (TPSA) is 29.1 Å². The van der Waals surface area contributed by atoms with Gasteiger partial charge in [-0.1, -0.05) is 30.3 Å². The summed E-state index contributed by atoms with van der Waals surface area (Å²) in [7, 11) is 0. The molecule has 1 amide bonds. The third kappa shape index (κ3) is 1.95. The van der Waals surface area contributed by atoms with Gasteiger partial charge in [0.25, 0.3) is 0 Å². The van der Waals surface area contributed by atoms with E-state index in [1.165, 1.54) is 5.56 Å². The van der Waals surface area contributed by atoms with Crippen molar-refractivity contribution in [1.29, 1.82) is 0 Å². The molecule has 14 heavy (non-hydrogen) atoms. The van der Waals surface area contributed by atoms with Gasteiger partial charge in [0.05, 0.1) is 0 Å². The van der Waals surface area contributed by atoms with E-state index in [-0.39, 0.29) is 5.91 Å². The lowest BCUT2D eigenvalue weighted by molar-refractivity contribution is -0.120. The first-order valence-electron chi connectivity index (χ1n) is 5.08. The largest absolute Gasteiger partial charge is 0.354 e. The first kappa shape index (κ1) is 9.25. The van der Waals surface area contributed by atoms with Crippen LogP contribution in [-0.2, 0) is 4.79 Å². The Morgan fingerprint density at radius 3 is 2.50 bits per heavy atom. The second-order valence-electron chi connectivity index (χ2n) is 3.98. The van der Waals surface area contributed by atoms with Crippen molar-refractivity contribution < 1.29 is 4.79 Å². The van der Waals surface area contributed by atoms with Gasteiger partial charge in [-0.25, -0.2) is 0 Å². The lowest BCUT2D eigenvalue weighted by Gasteiger charge is -2.35. The lowest BCUT2D eigenvalue weighted by atomic mass is 9.76. The highest BCUT2D eigenvalue weighted by molar-refractivity contribution is 5.73. The quantitative estimate of drug-likeness (QED) is 0.758. The summed E-state index contributed by atoms with van der Waals surface area (Å²) in [6.07, 6.45) is 2.17. The van der Waals surface area contributed by atoms with Crippen LogP contribution in [0.3, 0.4) is 0 Å². The Bertz CT molecular complexity index is 314. The fraction of sp³-hybridized carbons (Fsp3) is 0.417. The van der Waals surface area contributed by atoms with E-state index in [4.69, 9.17) is 0 Å². The zero-order valence-electron chi connectivity index (χ0n) is 8.36. The molecule has 0 radical (unpaired) electrons. The predicted molar refractivity (Wildman–Crippen MR) is 56.0 cm³/mol. The average molecular weight is 189 g/mol. The smallest absolute Gasteiger partial charge is 0.217 e. The van der Waals surface area contributed by atoms with E-state index in [0.717, 1.165) is 12.8 Å². The molecule has 74 valence electrons. The van der Waals surface area contributed by atoms with Crippen LogP contribution in [0.25, 0.3) is 0 Å². The molecule has 0 aromatic heterocycles. The third-order valence-corrected chi connectivity index (χ3v) is 2.82. The van der Waals surface area contributed by atoms with E-state index in [0.29, 0.717) is 12.0 Å². The maximum absolute atomic E-state index is 10.8. The van der Waals surface area contributed by atoms with E-state index in [1.54, 1.807) is 6.92 Å². The van der Waals surface area contributed by atoms with Crippen LogP contribution in [-0.4, -0.2) is 11.9 Å². The summed E-state index contributed by atoms with van der Waals surface area (Å²) in [6, 6.07) is 10.9. The van der Waals surface area contributed by atoms with Gasteiger partial charge < -0.3 is 5.32 Å². The molecule has 1 N–H and O–H groups in total. The van der Waals surface area contributed by atoms with Crippen molar-refractivity contribution in [3.05, 3.63) is 35.9 Å². The highest BCUT2D eigenvalue weighted by atomic mass is 16.1. The molecule has 1 aliphatic rings. The van der Waals surface area contributed by atoms with Crippen molar-refractivity contribution in [2.45, 2.75) is 31.7 Å². The predicted octanol–water partition coefficient (Wildman–Crippen LogP) is 2.07. The number of carbonyl (C=O) groups excluding carboxylic acids is 1. The summed E-state index contributed by atoms with van der Waals surface area (Å²) in [5, 5.41) is 2.94. The molecule has 0 aliphatic heterocycles. The van der Waals surface area contributed by atoms with Crippen LogP contribution in [0.5, 0.6) is 0 Å². The molecular weight excluding hydrogens is 174 g/mol. The summed E-state index contributed by atoms with van der Waals surface area (Å²) in [4.78, 5) is 10.8. The minimum absolute atomic E-state index is 0.0847. The molecule has 0 saturated heterocycles. The van der Waals surface area contributed by atoms with Gasteiger partial charge in [-0.3, -0.25) is 4.79 Å². The summed E-state index contributed by atoms with van der Waals surface area (Å²) in [6.45, 7) is 1.58. The SMILES string of the molecule is CC(=O)N[C@H]1C[C@H](c2ccccc2)C1. The molecule has 0 atom stereocenters. The molecule has 2 heteroatoms. The zero-order chi connectivity index (χ0) is 9.97. The molecule has 0 spiro atoms. The first-order chi connectivity index (χ1) is 6.75. The Morgan fingerprint density at radius 2 is 1.93 bits per heavy atom. The molecule has 0 bridgehead atoms. The molecule has 1 aromatic rings. The minimum atomic E-state index is 0.0847. The standard InChI is InChI=1S/C12H15NO/c1-9(14)13-12-7-11(8-12)10-5-3-2-4-6-10/h2-6,11-12H,7-8H2,1H3,(H,13,14)/t11-,12-. The Labute approximate surface area is 84.3 Å². The Balaban J connectivity index is 1.86. The van der Waals surface area contributed by atoms with Gasteiger partial charge >= 0.3 is 0 Å². The maximum atomic E-state index is 10.8. The van der Waals surface area contributed by atoms with Gasteiger partial charge in [0, 0.05) is 13.0 Å². The summed E-state index contributed by atoms with van der Waals surface area (Å²) >= 11 is 0. The van der Waals surface area contributed by atoms with E-state index >= 15 is 0 Å². The van der Waals surface area contributed by atoms with E-state index in [2.05, 4.69) is 29.6 Å². The van der Waals surface area contributed by atoms with Crippen LogP contribution >= 0.6 is 0 Å². The summed E-state index contributed by atoms with van der Waals surface area (Å²) < 4.78 is 0. The van der Waals surface area contributed by atoms with Crippen molar-refractivity contribution >= 4 is 5.91 Å². The molecule has 2 rings (SSSR count). The number of carbonyl (C=O) groups is 1. The third-order valence-electron chi connectivity index (χ3n) is 2.82. The molecule has 0 heterocycles. The second kappa shape index (κ2) is 3.82. The average Bonchev–Trinajstić information content (AvgIpc) is 2.12. The van der Waals surface area contributed by atoms with Crippen molar-refractivity contribution in [3.63, 3.8) is 0 Å². The minimum Gasteiger partial charge on any atom is -0.354 e. The normalized spacial score (nSPS) is 25.2. The van der Waals surface area contributed by atoms with Gasteiger partial charge in [-0.2, -0.15) is 0 Å². The zero-order valence-corrected chi connectivity index (χ0v) is 8.36. The van der Waals surface area contributed by atoms with Gasteiger partial charge in [-0.05, 0) is 24.3 Å². The highest BCUT2D eigenvalue weighted by Gasteiger charge is 2.30. The molecule has 1 fully saturated rings. The highest BCUT2D eigenvalue weighted by Crippen LogP contribution is 2.36. The van der Waals surface area contributed by atoms with Gasteiger partial charge in [-0.15, -0.1) is 0 Å². The number of hydrogen-bond donors (Lipinski definition) is 1. The van der Waals surface area contributed by atoms with Gasteiger partial charge in [0.1, 0.15) is 0 Å². The number of benzene rings is 1. The number of rotatable bonds is 2. The first-order valence-corrected chi connectivity index (χ1v) is 5.08. The van der Waals surface area contributed by atoms with Crippen LogP contribution in [0.2, 0.25) is 0 Å².